The highest BCUT2D eigenvalue weighted by molar-refractivity contribution is 5.92. The molecule has 3 rings (SSSR count). The molecule has 142 valence electrons. The molecule has 0 bridgehead atoms. The van der Waals surface area contributed by atoms with Crippen molar-refractivity contribution < 1.29 is 14.3 Å². The summed E-state index contributed by atoms with van der Waals surface area (Å²) in [4.78, 5) is 27.3. The average molecular weight is 366 g/mol. The molecule has 0 radical (unpaired) electrons. The average Bonchev–Trinajstić information content (AvgIpc) is 2.70. The van der Waals surface area contributed by atoms with Gasteiger partial charge in [0.2, 0.25) is 11.8 Å². The highest BCUT2D eigenvalue weighted by Crippen LogP contribution is 2.30. The van der Waals surface area contributed by atoms with Crippen LogP contribution in [0.4, 0.5) is 0 Å². The predicted molar refractivity (Wildman–Crippen MR) is 104 cm³/mol. The number of aryl methyl sites for hydroxylation is 1. The number of methoxy groups -OCH3 is 1. The van der Waals surface area contributed by atoms with Gasteiger partial charge in [-0.2, -0.15) is 0 Å². The predicted octanol–water partition coefficient (Wildman–Crippen LogP) is 2.64. The first-order chi connectivity index (χ1) is 13.1. The van der Waals surface area contributed by atoms with E-state index < -0.39 is 6.04 Å². The molecule has 0 aromatic heterocycles. The molecule has 0 saturated heterocycles. The number of rotatable bonds is 7. The number of hydrogen-bond acceptors (Lipinski definition) is 3. The number of nitrogens with zero attached hydrogens (tertiary/aromatic N) is 1. The molecule has 0 spiro atoms. The van der Waals surface area contributed by atoms with Crippen molar-refractivity contribution in [3.05, 3.63) is 70.8 Å². The van der Waals surface area contributed by atoms with Crippen LogP contribution in [0.3, 0.4) is 0 Å². The number of hydrogen-bond donors (Lipinski definition) is 1. The zero-order valence-corrected chi connectivity index (χ0v) is 15.9. The fourth-order valence-corrected chi connectivity index (χ4v) is 3.44. The Morgan fingerprint density at radius 2 is 1.85 bits per heavy atom. The molecule has 5 heteroatoms. The van der Waals surface area contributed by atoms with Gasteiger partial charge in [-0.05, 0) is 28.7 Å². The SMILES string of the molecule is CCc1ccc(CNC(=O)[C@@H]2c3ccccc3CC(=O)N2CCOC)cc1. The van der Waals surface area contributed by atoms with Crippen molar-refractivity contribution in [2.45, 2.75) is 32.4 Å². The van der Waals surface area contributed by atoms with E-state index in [4.69, 9.17) is 4.74 Å². The Kier molecular flexibility index (Phi) is 6.24. The molecular formula is C22H26N2O3. The standard InChI is InChI=1S/C22H26N2O3/c1-3-16-8-10-17(11-9-16)15-23-22(26)21-19-7-5-4-6-18(19)14-20(25)24(21)12-13-27-2/h4-11,21H,3,12-15H2,1-2H3,(H,23,26)/t21-/m0/s1. The minimum Gasteiger partial charge on any atom is -0.383 e. The maximum atomic E-state index is 13.0. The van der Waals surface area contributed by atoms with Crippen molar-refractivity contribution in [1.29, 1.82) is 0 Å². The van der Waals surface area contributed by atoms with Crippen LogP contribution < -0.4 is 5.32 Å². The molecule has 1 aliphatic rings. The zero-order chi connectivity index (χ0) is 19.2. The Morgan fingerprint density at radius 1 is 1.15 bits per heavy atom. The van der Waals surface area contributed by atoms with Crippen molar-refractivity contribution in [3.8, 4) is 0 Å². The van der Waals surface area contributed by atoms with Gasteiger partial charge in [-0.25, -0.2) is 0 Å². The van der Waals surface area contributed by atoms with Crippen LogP contribution in [0.2, 0.25) is 0 Å². The summed E-state index contributed by atoms with van der Waals surface area (Å²) < 4.78 is 5.13. The number of fused-ring (bicyclic) bond motifs is 1. The van der Waals surface area contributed by atoms with Crippen LogP contribution in [0.1, 0.15) is 35.2 Å². The highest BCUT2D eigenvalue weighted by Gasteiger charge is 2.36. The lowest BCUT2D eigenvalue weighted by Gasteiger charge is -2.36. The number of ether oxygens (including phenoxy) is 1. The molecule has 2 aromatic carbocycles. The smallest absolute Gasteiger partial charge is 0.247 e. The van der Waals surface area contributed by atoms with Gasteiger partial charge in [0.05, 0.1) is 13.0 Å². The van der Waals surface area contributed by atoms with Gasteiger partial charge in [-0.15, -0.1) is 0 Å². The molecular weight excluding hydrogens is 340 g/mol. The Hall–Kier alpha value is -2.66. The van der Waals surface area contributed by atoms with E-state index in [2.05, 4.69) is 24.4 Å². The second-order valence-electron chi connectivity index (χ2n) is 6.75. The van der Waals surface area contributed by atoms with E-state index in [0.717, 1.165) is 23.1 Å². The topological polar surface area (TPSA) is 58.6 Å². The summed E-state index contributed by atoms with van der Waals surface area (Å²) in [5.41, 5.74) is 4.12. The Labute approximate surface area is 160 Å². The fraction of sp³-hybridized carbons (Fsp3) is 0.364. The summed E-state index contributed by atoms with van der Waals surface area (Å²) in [5.74, 6) is -0.204. The maximum absolute atomic E-state index is 13.0. The van der Waals surface area contributed by atoms with Crippen LogP contribution in [0.25, 0.3) is 0 Å². The third kappa shape index (κ3) is 4.37. The number of benzene rings is 2. The fourth-order valence-electron chi connectivity index (χ4n) is 3.44. The minimum atomic E-state index is -0.618. The Morgan fingerprint density at radius 3 is 2.56 bits per heavy atom. The molecule has 0 saturated carbocycles. The molecule has 1 N–H and O–H groups in total. The number of carbonyl (C=O) groups is 2. The Bertz CT molecular complexity index is 801. The van der Waals surface area contributed by atoms with E-state index in [9.17, 15) is 9.59 Å². The first-order valence-electron chi connectivity index (χ1n) is 9.35. The van der Waals surface area contributed by atoms with E-state index in [0.29, 0.717) is 26.1 Å². The number of amides is 2. The summed E-state index contributed by atoms with van der Waals surface area (Å²) >= 11 is 0. The molecule has 0 aliphatic carbocycles. The molecule has 0 unspecified atom stereocenters. The third-order valence-corrected chi connectivity index (χ3v) is 5.01. The van der Waals surface area contributed by atoms with Crippen LogP contribution in [0.5, 0.6) is 0 Å². The van der Waals surface area contributed by atoms with E-state index >= 15 is 0 Å². The monoisotopic (exact) mass is 366 g/mol. The van der Waals surface area contributed by atoms with Gasteiger partial charge in [0, 0.05) is 20.2 Å². The Balaban J connectivity index is 1.78. The quantitative estimate of drug-likeness (QED) is 0.820. The van der Waals surface area contributed by atoms with Gasteiger partial charge >= 0.3 is 0 Å². The molecule has 1 aliphatic heterocycles. The van der Waals surface area contributed by atoms with Crippen molar-refractivity contribution in [2.75, 3.05) is 20.3 Å². The minimum absolute atomic E-state index is 0.0433. The third-order valence-electron chi connectivity index (χ3n) is 5.01. The molecule has 0 fully saturated rings. The summed E-state index contributed by atoms with van der Waals surface area (Å²) in [7, 11) is 1.59. The van der Waals surface area contributed by atoms with Crippen LogP contribution in [-0.2, 0) is 33.7 Å². The van der Waals surface area contributed by atoms with E-state index in [1.807, 2.05) is 36.4 Å². The number of carbonyl (C=O) groups excluding carboxylic acids is 2. The molecule has 2 aromatic rings. The largest absolute Gasteiger partial charge is 0.383 e. The summed E-state index contributed by atoms with van der Waals surface area (Å²) in [6.45, 7) is 3.35. The van der Waals surface area contributed by atoms with Crippen molar-refractivity contribution in [3.63, 3.8) is 0 Å². The van der Waals surface area contributed by atoms with E-state index in [-0.39, 0.29) is 11.8 Å². The molecule has 5 nitrogen and oxygen atoms in total. The van der Waals surface area contributed by atoms with Gasteiger partial charge in [0.15, 0.2) is 0 Å². The van der Waals surface area contributed by atoms with Crippen molar-refractivity contribution >= 4 is 11.8 Å². The van der Waals surface area contributed by atoms with Gasteiger partial charge in [-0.1, -0.05) is 55.5 Å². The normalized spacial score (nSPS) is 16.1. The van der Waals surface area contributed by atoms with Crippen LogP contribution >= 0.6 is 0 Å². The lowest BCUT2D eigenvalue weighted by molar-refractivity contribution is -0.142. The van der Waals surface area contributed by atoms with Gasteiger partial charge < -0.3 is 15.0 Å². The molecule has 2 amide bonds. The van der Waals surface area contributed by atoms with Crippen molar-refractivity contribution in [2.24, 2.45) is 0 Å². The van der Waals surface area contributed by atoms with Crippen LogP contribution in [0, 0.1) is 0 Å². The van der Waals surface area contributed by atoms with Gasteiger partial charge in [-0.3, -0.25) is 9.59 Å². The zero-order valence-electron chi connectivity index (χ0n) is 15.9. The van der Waals surface area contributed by atoms with Gasteiger partial charge in [0.25, 0.3) is 0 Å². The summed E-state index contributed by atoms with van der Waals surface area (Å²) in [5, 5.41) is 3.00. The van der Waals surface area contributed by atoms with Gasteiger partial charge in [0.1, 0.15) is 6.04 Å². The summed E-state index contributed by atoms with van der Waals surface area (Å²) in [6.07, 6.45) is 1.31. The lowest BCUT2D eigenvalue weighted by atomic mass is 9.91. The molecule has 1 heterocycles. The van der Waals surface area contributed by atoms with E-state index in [1.165, 1.54) is 5.56 Å². The first-order valence-corrected chi connectivity index (χ1v) is 9.35. The molecule has 1 atom stereocenters. The summed E-state index contributed by atoms with van der Waals surface area (Å²) in [6, 6.07) is 15.3. The van der Waals surface area contributed by atoms with Crippen LogP contribution in [0.15, 0.2) is 48.5 Å². The number of nitrogens with one attached hydrogen (secondary N) is 1. The highest BCUT2D eigenvalue weighted by atomic mass is 16.5. The van der Waals surface area contributed by atoms with Crippen LogP contribution in [-0.4, -0.2) is 37.0 Å². The second-order valence-corrected chi connectivity index (χ2v) is 6.75. The second kappa shape index (κ2) is 8.82. The van der Waals surface area contributed by atoms with Crippen molar-refractivity contribution in [1.82, 2.24) is 10.2 Å². The first kappa shape index (κ1) is 19.1. The maximum Gasteiger partial charge on any atom is 0.247 e. The lowest BCUT2D eigenvalue weighted by Crippen LogP contribution is -2.48. The molecule has 27 heavy (non-hydrogen) atoms. The van der Waals surface area contributed by atoms with E-state index in [1.54, 1.807) is 12.0 Å².